The SMILES string of the molecule is COc1ccc(P(Oc2c(Cc3ccc(O)cc3O)cc(C)cc2Cc2ccc(O)cc2O)(c2ccccc2)(c2ccc(OC)cc2)c2ccc(OC)cc2)cc1. The van der Waals surface area contributed by atoms with Crippen molar-refractivity contribution < 1.29 is 39.2 Å². The van der Waals surface area contributed by atoms with Crippen LogP contribution < -0.4 is 40.0 Å². The zero-order chi connectivity index (χ0) is 40.2. The monoisotopic (exact) mass is 780 g/mol. The Hall–Kier alpha value is -6.63. The Morgan fingerprint density at radius 3 is 1.14 bits per heavy atom. The Morgan fingerprint density at radius 2 is 0.789 bits per heavy atom. The van der Waals surface area contributed by atoms with Crippen molar-refractivity contribution in [3.05, 3.63) is 179 Å². The fourth-order valence-corrected chi connectivity index (χ4v) is 13.4. The summed E-state index contributed by atoms with van der Waals surface area (Å²) in [6.45, 7) is -2.49. The standard InChI is InChI=1S/C48H45O8P/c1-32-26-35(28-33-10-12-37(49)30-46(33)51)48(36(27-32)29-34-11-13-38(50)31-47(34)52)56-57(42-8-6-5-7-9-42,43-20-14-39(53-2)15-21-43,44-22-16-40(54-3)17-23-44)45-24-18-41(55-4)19-25-45/h5-27,30-31,49-52H,28-29H2,1-4H3. The molecule has 7 aromatic rings. The van der Waals surface area contributed by atoms with Gasteiger partial charge in [-0.05, 0) is 0 Å². The van der Waals surface area contributed by atoms with Crippen LogP contribution in [0.4, 0.5) is 0 Å². The molecular formula is C48H45O8P. The van der Waals surface area contributed by atoms with Crippen molar-refractivity contribution in [3.63, 3.8) is 0 Å². The van der Waals surface area contributed by atoms with E-state index in [1.807, 2.05) is 73.7 Å². The van der Waals surface area contributed by atoms with Crippen LogP contribution in [0.5, 0.6) is 46.0 Å². The molecule has 8 nitrogen and oxygen atoms in total. The summed E-state index contributed by atoms with van der Waals surface area (Å²) in [4.78, 5) is 0. The average molecular weight is 781 g/mol. The van der Waals surface area contributed by atoms with Crippen LogP contribution in [0.3, 0.4) is 0 Å². The van der Waals surface area contributed by atoms with Crippen LogP contribution in [0.1, 0.15) is 27.8 Å². The van der Waals surface area contributed by atoms with Crippen molar-refractivity contribution >= 4 is 28.0 Å². The molecule has 7 rings (SSSR count). The van der Waals surface area contributed by atoms with Crippen molar-refractivity contribution in [3.8, 4) is 46.0 Å². The molecular weight excluding hydrogens is 735 g/mol. The molecule has 0 aromatic heterocycles. The van der Waals surface area contributed by atoms with Gasteiger partial charge in [0.1, 0.15) is 0 Å². The Bertz CT molecular complexity index is 2310. The van der Waals surface area contributed by atoms with Crippen molar-refractivity contribution in [1.29, 1.82) is 0 Å². The van der Waals surface area contributed by atoms with Gasteiger partial charge in [-0.2, -0.15) is 0 Å². The molecule has 7 aromatic carbocycles. The molecule has 57 heavy (non-hydrogen) atoms. The van der Waals surface area contributed by atoms with Gasteiger partial charge in [0.05, 0.1) is 0 Å². The summed E-state index contributed by atoms with van der Waals surface area (Å²) in [6.07, 6.45) is 0.486. The number of methoxy groups -OCH3 is 3. The molecule has 0 aliphatic heterocycles. The van der Waals surface area contributed by atoms with E-state index in [1.54, 1.807) is 45.6 Å². The Balaban J connectivity index is 1.66. The number of benzene rings is 7. The molecule has 9 heteroatoms. The third-order valence-corrected chi connectivity index (χ3v) is 16.2. The molecule has 0 amide bonds. The van der Waals surface area contributed by atoms with Crippen molar-refractivity contribution in [2.45, 2.75) is 19.8 Å². The van der Waals surface area contributed by atoms with Crippen LogP contribution in [-0.2, 0) is 12.8 Å². The molecule has 0 radical (unpaired) electrons. The van der Waals surface area contributed by atoms with Crippen LogP contribution in [0.15, 0.2) is 152 Å². The van der Waals surface area contributed by atoms with E-state index in [1.165, 1.54) is 12.1 Å². The summed E-state index contributed by atoms with van der Waals surface area (Å²) in [5.74, 6) is 2.37. The Labute approximate surface area is 332 Å². The minimum absolute atomic E-state index is 0.0482. The summed E-state index contributed by atoms with van der Waals surface area (Å²) in [5, 5.41) is 46.2. The van der Waals surface area contributed by atoms with Gasteiger partial charge >= 0.3 is 334 Å². The first-order valence-corrected chi connectivity index (χ1v) is 20.6. The zero-order valence-electron chi connectivity index (χ0n) is 32.2. The van der Waals surface area contributed by atoms with Crippen LogP contribution in [-0.4, -0.2) is 41.8 Å². The number of aryl methyl sites for hydroxylation is 1. The van der Waals surface area contributed by atoms with Crippen LogP contribution in [0.2, 0.25) is 0 Å². The van der Waals surface area contributed by atoms with E-state index in [0.29, 0.717) is 34.1 Å². The zero-order valence-corrected chi connectivity index (χ0v) is 33.1. The average Bonchev–Trinajstić information content (AvgIpc) is 3.23. The molecule has 4 N–H and O–H groups in total. The van der Waals surface area contributed by atoms with Crippen LogP contribution in [0.25, 0.3) is 0 Å². The summed E-state index contributed by atoms with van der Waals surface area (Å²) >= 11 is 0. The molecule has 0 spiro atoms. The number of phenolic OH excluding ortho intramolecular Hbond substituents is 4. The van der Waals surface area contributed by atoms with E-state index >= 15 is 0 Å². The molecule has 290 valence electrons. The van der Waals surface area contributed by atoms with Crippen molar-refractivity contribution in [1.82, 2.24) is 0 Å². The van der Waals surface area contributed by atoms with Gasteiger partial charge in [-0.3, -0.25) is 0 Å². The number of ether oxygens (including phenoxy) is 3. The second-order valence-corrected chi connectivity index (χ2v) is 18.3. The topological polar surface area (TPSA) is 118 Å². The molecule has 0 bridgehead atoms. The van der Waals surface area contributed by atoms with E-state index in [0.717, 1.165) is 37.9 Å². The summed E-state index contributed by atoms with van der Waals surface area (Å²) in [5.41, 5.74) is 3.64. The third-order valence-electron chi connectivity index (χ3n) is 10.5. The van der Waals surface area contributed by atoms with E-state index < -0.39 is 6.83 Å². The second kappa shape index (κ2) is 15.8. The number of phenols is 4. The maximum atomic E-state index is 11.1. The number of hydrogen-bond acceptors (Lipinski definition) is 8. The Kier molecular flexibility index (Phi) is 10.7. The first-order chi connectivity index (χ1) is 27.6. The summed E-state index contributed by atoms with van der Waals surface area (Å²) < 4.78 is 25.4. The summed E-state index contributed by atoms with van der Waals surface area (Å²) in [7, 11) is 4.91. The quantitative estimate of drug-likeness (QED) is 0.0867. The number of aromatic hydroxyl groups is 4. The van der Waals surface area contributed by atoms with E-state index in [2.05, 4.69) is 48.5 Å². The molecule has 0 atom stereocenters. The van der Waals surface area contributed by atoms with Gasteiger partial charge < -0.3 is 0 Å². The molecule has 0 saturated carbocycles. The molecule has 0 heterocycles. The minimum atomic E-state index is -4.48. The van der Waals surface area contributed by atoms with Gasteiger partial charge in [0.15, 0.2) is 0 Å². The van der Waals surface area contributed by atoms with Gasteiger partial charge in [0, 0.05) is 0 Å². The fraction of sp³-hybridized carbons (Fsp3) is 0.125. The van der Waals surface area contributed by atoms with Gasteiger partial charge in [0.25, 0.3) is 0 Å². The van der Waals surface area contributed by atoms with E-state index in [9.17, 15) is 20.4 Å². The second-order valence-electron chi connectivity index (χ2n) is 13.9. The fourth-order valence-electron chi connectivity index (χ4n) is 7.72. The normalized spacial score (nSPS) is 12.0. The number of rotatable bonds is 13. The first-order valence-electron chi connectivity index (χ1n) is 18.4. The van der Waals surface area contributed by atoms with Crippen LogP contribution in [0, 0.1) is 6.92 Å². The molecule has 0 aliphatic carbocycles. The maximum absolute atomic E-state index is 11.1. The van der Waals surface area contributed by atoms with E-state index in [-0.39, 0.29) is 35.8 Å². The molecule has 0 fully saturated rings. The van der Waals surface area contributed by atoms with E-state index in [4.69, 9.17) is 18.7 Å². The third kappa shape index (κ3) is 7.05. The molecule has 0 unspecified atom stereocenters. The Morgan fingerprint density at radius 1 is 0.421 bits per heavy atom. The van der Waals surface area contributed by atoms with Gasteiger partial charge in [-0.15, -0.1) is 0 Å². The predicted octanol–water partition coefficient (Wildman–Crippen LogP) is 8.17. The van der Waals surface area contributed by atoms with Gasteiger partial charge in [-0.1, -0.05) is 0 Å². The predicted molar refractivity (Wildman–Crippen MR) is 228 cm³/mol. The first kappa shape index (κ1) is 38.6. The molecule has 0 saturated heterocycles. The summed E-state index contributed by atoms with van der Waals surface area (Å²) in [6, 6.07) is 47.5. The number of hydrogen-bond donors (Lipinski definition) is 4. The van der Waals surface area contributed by atoms with Gasteiger partial charge in [-0.25, -0.2) is 0 Å². The van der Waals surface area contributed by atoms with Gasteiger partial charge in [0.2, 0.25) is 0 Å². The van der Waals surface area contributed by atoms with Crippen molar-refractivity contribution in [2.75, 3.05) is 21.3 Å². The van der Waals surface area contributed by atoms with Crippen LogP contribution >= 0.6 is 6.83 Å². The molecule has 0 aliphatic rings. The van der Waals surface area contributed by atoms with Crippen molar-refractivity contribution in [2.24, 2.45) is 0 Å².